The third kappa shape index (κ3) is 6.06. The molecule has 9 heteroatoms. The summed E-state index contributed by atoms with van der Waals surface area (Å²) in [6, 6.07) is 18.7. The Morgan fingerprint density at radius 1 is 0.935 bits per heavy atom. The van der Waals surface area contributed by atoms with Crippen LogP contribution in [-0.2, 0) is 9.59 Å². The topological polar surface area (TPSA) is 96.9 Å². The van der Waals surface area contributed by atoms with Gasteiger partial charge >= 0.3 is 17.8 Å². The molecule has 0 spiro atoms. The molecule has 156 valence electrons. The summed E-state index contributed by atoms with van der Waals surface area (Å²) in [6.45, 7) is 0. The first kappa shape index (κ1) is 21.8. The van der Waals surface area contributed by atoms with Gasteiger partial charge in [0.05, 0.1) is 17.5 Å². The van der Waals surface area contributed by atoms with Crippen LogP contribution in [0.5, 0.6) is 5.75 Å². The highest BCUT2D eigenvalue weighted by Gasteiger charge is 2.15. The largest absolute Gasteiger partial charge is 0.423 e. The fourth-order valence-electron chi connectivity index (χ4n) is 2.40. The summed E-state index contributed by atoms with van der Waals surface area (Å²) in [7, 11) is 0. The van der Waals surface area contributed by atoms with Gasteiger partial charge in [0, 0.05) is 4.47 Å². The molecule has 3 aromatic carbocycles. The number of para-hydroxylation sites is 1. The number of nitrogens with one attached hydrogen (secondary N) is 2. The molecule has 0 heterocycles. The van der Waals surface area contributed by atoms with Crippen LogP contribution in [0.1, 0.15) is 15.9 Å². The van der Waals surface area contributed by atoms with Crippen LogP contribution in [0.2, 0.25) is 0 Å². The summed E-state index contributed by atoms with van der Waals surface area (Å²) in [6.07, 6.45) is 1.27. The van der Waals surface area contributed by atoms with E-state index in [1.807, 2.05) is 5.43 Å². The second-order valence-corrected chi connectivity index (χ2v) is 6.93. The third-order valence-electron chi connectivity index (χ3n) is 3.87. The lowest BCUT2D eigenvalue weighted by Crippen LogP contribution is -2.32. The van der Waals surface area contributed by atoms with Gasteiger partial charge < -0.3 is 10.1 Å². The number of carbonyl (C=O) groups excluding carboxylic acids is 3. The number of hydrogen-bond donors (Lipinski definition) is 2. The number of benzene rings is 3. The van der Waals surface area contributed by atoms with Crippen molar-refractivity contribution in [1.82, 2.24) is 5.43 Å². The van der Waals surface area contributed by atoms with Crippen molar-refractivity contribution in [3.05, 3.63) is 94.2 Å². The molecule has 0 atom stereocenters. The molecule has 2 N–H and O–H groups in total. The van der Waals surface area contributed by atoms with E-state index >= 15 is 0 Å². The molecule has 0 aliphatic carbocycles. The van der Waals surface area contributed by atoms with Gasteiger partial charge in [0.25, 0.3) is 0 Å². The SMILES string of the molecule is O=C(N/N=C/c1cccc(OC(=O)c2ccccc2Br)c1)C(=O)Nc1ccccc1F. The first-order chi connectivity index (χ1) is 14.9. The smallest absolute Gasteiger partial charge is 0.344 e. The Morgan fingerprint density at radius 2 is 1.68 bits per heavy atom. The zero-order chi connectivity index (χ0) is 22.2. The second kappa shape index (κ2) is 10.3. The first-order valence-corrected chi connectivity index (χ1v) is 9.69. The predicted molar refractivity (Wildman–Crippen MR) is 116 cm³/mol. The number of ether oxygens (including phenoxy) is 1. The van der Waals surface area contributed by atoms with Crippen molar-refractivity contribution in [3.63, 3.8) is 0 Å². The maximum Gasteiger partial charge on any atom is 0.344 e. The van der Waals surface area contributed by atoms with Gasteiger partial charge in [-0.15, -0.1) is 0 Å². The first-order valence-electron chi connectivity index (χ1n) is 8.90. The van der Waals surface area contributed by atoms with Gasteiger partial charge in [-0.25, -0.2) is 14.6 Å². The average Bonchev–Trinajstić information content (AvgIpc) is 2.75. The lowest BCUT2D eigenvalue weighted by molar-refractivity contribution is -0.136. The van der Waals surface area contributed by atoms with Crippen LogP contribution in [0, 0.1) is 5.82 Å². The molecule has 0 aromatic heterocycles. The highest BCUT2D eigenvalue weighted by molar-refractivity contribution is 9.10. The zero-order valence-electron chi connectivity index (χ0n) is 15.8. The van der Waals surface area contributed by atoms with Gasteiger partial charge in [0.15, 0.2) is 0 Å². The molecule has 0 saturated heterocycles. The van der Waals surface area contributed by atoms with Crippen molar-refractivity contribution in [2.24, 2.45) is 5.10 Å². The highest BCUT2D eigenvalue weighted by Crippen LogP contribution is 2.19. The van der Waals surface area contributed by atoms with E-state index < -0.39 is 23.6 Å². The number of amides is 2. The van der Waals surface area contributed by atoms with E-state index in [9.17, 15) is 18.8 Å². The van der Waals surface area contributed by atoms with Gasteiger partial charge in [-0.3, -0.25) is 9.59 Å². The summed E-state index contributed by atoms with van der Waals surface area (Å²) in [5.41, 5.74) is 2.80. The lowest BCUT2D eigenvalue weighted by Gasteiger charge is -2.06. The summed E-state index contributed by atoms with van der Waals surface area (Å²) in [5.74, 6) is -3.08. The number of hydrazone groups is 1. The van der Waals surface area contributed by atoms with Gasteiger partial charge in [-0.2, -0.15) is 5.10 Å². The van der Waals surface area contributed by atoms with Crippen LogP contribution in [0.25, 0.3) is 0 Å². The van der Waals surface area contributed by atoms with E-state index in [2.05, 4.69) is 26.3 Å². The number of esters is 1. The van der Waals surface area contributed by atoms with Crippen LogP contribution in [0.3, 0.4) is 0 Å². The van der Waals surface area contributed by atoms with E-state index in [0.717, 1.165) is 6.07 Å². The molecule has 3 rings (SSSR count). The molecule has 0 bridgehead atoms. The third-order valence-corrected chi connectivity index (χ3v) is 4.56. The van der Waals surface area contributed by atoms with Crippen molar-refractivity contribution >= 4 is 45.6 Å². The van der Waals surface area contributed by atoms with Crippen LogP contribution in [-0.4, -0.2) is 24.0 Å². The maximum absolute atomic E-state index is 13.5. The van der Waals surface area contributed by atoms with Crippen molar-refractivity contribution in [2.75, 3.05) is 5.32 Å². The van der Waals surface area contributed by atoms with E-state index in [1.54, 1.807) is 42.5 Å². The molecule has 0 radical (unpaired) electrons. The fourth-order valence-corrected chi connectivity index (χ4v) is 2.85. The molecule has 0 fully saturated rings. The quantitative estimate of drug-likeness (QED) is 0.189. The monoisotopic (exact) mass is 483 g/mol. The highest BCUT2D eigenvalue weighted by atomic mass is 79.9. The van der Waals surface area contributed by atoms with Gasteiger partial charge in [0.2, 0.25) is 0 Å². The van der Waals surface area contributed by atoms with Crippen LogP contribution in [0.4, 0.5) is 10.1 Å². The number of rotatable bonds is 5. The minimum absolute atomic E-state index is 0.119. The average molecular weight is 484 g/mol. The Bertz CT molecular complexity index is 1170. The molecule has 0 aliphatic heterocycles. The van der Waals surface area contributed by atoms with E-state index in [4.69, 9.17) is 4.74 Å². The van der Waals surface area contributed by atoms with Gasteiger partial charge in [-0.1, -0.05) is 36.4 Å². The summed E-state index contributed by atoms with van der Waals surface area (Å²) in [4.78, 5) is 35.9. The Hall–Kier alpha value is -3.85. The van der Waals surface area contributed by atoms with Crippen molar-refractivity contribution < 1.29 is 23.5 Å². The number of carbonyl (C=O) groups is 3. The van der Waals surface area contributed by atoms with E-state index in [1.165, 1.54) is 30.5 Å². The van der Waals surface area contributed by atoms with Crippen LogP contribution < -0.4 is 15.5 Å². The normalized spacial score (nSPS) is 10.5. The predicted octanol–water partition coefficient (Wildman–Crippen LogP) is 3.90. The molecular formula is C22H15BrFN3O4. The number of nitrogens with zero attached hydrogens (tertiary/aromatic N) is 1. The summed E-state index contributed by atoms with van der Waals surface area (Å²) in [5, 5.41) is 5.84. The minimum Gasteiger partial charge on any atom is -0.423 e. The Balaban J connectivity index is 1.58. The number of hydrogen-bond acceptors (Lipinski definition) is 5. The summed E-state index contributed by atoms with van der Waals surface area (Å²) < 4.78 is 19.5. The van der Waals surface area contributed by atoms with Crippen molar-refractivity contribution in [3.8, 4) is 5.75 Å². The molecule has 0 aliphatic rings. The van der Waals surface area contributed by atoms with Gasteiger partial charge in [-0.05, 0) is 57.9 Å². The molecule has 0 saturated carbocycles. The molecule has 3 aromatic rings. The second-order valence-electron chi connectivity index (χ2n) is 6.07. The van der Waals surface area contributed by atoms with Crippen LogP contribution >= 0.6 is 15.9 Å². The summed E-state index contributed by atoms with van der Waals surface area (Å²) >= 11 is 3.29. The van der Waals surface area contributed by atoms with Crippen LogP contribution in [0.15, 0.2) is 82.4 Å². The molecule has 2 amide bonds. The van der Waals surface area contributed by atoms with Crippen molar-refractivity contribution in [2.45, 2.75) is 0 Å². The molecule has 31 heavy (non-hydrogen) atoms. The molecule has 7 nitrogen and oxygen atoms in total. The molecular weight excluding hydrogens is 469 g/mol. The Labute approximate surface area is 185 Å². The van der Waals surface area contributed by atoms with E-state index in [0.29, 0.717) is 15.6 Å². The number of halogens is 2. The standard InChI is InChI=1S/C22H15BrFN3O4/c23-17-9-2-1-8-16(17)22(30)31-15-7-5-6-14(12-15)13-25-27-21(29)20(28)26-19-11-4-3-10-18(19)24/h1-13H,(H,26,28)(H,27,29)/b25-13+. The molecule has 0 unspecified atom stereocenters. The fraction of sp³-hybridized carbons (Fsp3) is 0. The Morgan fingerprint density at radius 3 is 2.45 bits per heavy atom. The van der Waals surface area contributed by atoms with Gasteiger partial charge in [0.1, 0.15) is 11.6 Å². The maximum atomic E-state index is 13.5. The zero-order valence-corrected chi connectivity index (χ0v) is 17.4. The van der Waals surface area contributed by atoms with E-state index in [-0.39, 0.29) is 11.4 Å². The number of anilines is 1. The lowest BCUT2D eigenvalue weighted by atomic mass is 10.2. The Kier molecular flexibility index (Phi) is 7.23. The van der Waals surface area contributed by atoms with Crippen molar-refractivity contribution in [1.29, 1.82) is 0 Å². The minimum atomic E-state index is -1.07.